The monoisotopic (exact) mass is 193 g/mol. The van der Waals surface area contributed by atoms with Crippen molar-refractivity contribution in [3.05, 3.63) is 11.7 Å². The Labute approximate surface area is 72.9 Å². The summed E-state index contributed by atoms with van der Waals surface area (Å²) >= 11 is 0. The first-order valence-corrected chi connectivity index (χ1v) is 3.51. The Morgan fingerprint density at radius 3 is 2.77 bits per heavy atom. The fourth-order valence-electron chi connectivity index (χ4n) is 0.741. The topological polar surface area (TPSA) is 74.2 Å². The molecule has 0 bridgehead atoms. The summed E-state index contributed by atoms with van der Waals surface area (Å²) in [5.74, 6) is -0.696. The smallest absolute Gasteiger partial charge is 0.315 e. The Morgan fingerprint density at radius 2 is 2.31 bits per heavy atom. The number of methoxy groups -OCH3 is 1. The minimum atomic E-state index is -2.77. The van der Waals surface area contributed by atoms with E-state index in [4.69, 9.17) is 10.5 Å². The van der Waals surface area contributed by atoms with Gasteiger partial charge >= 0.3 is 6.43 Å². The lowest BCUT2D eigenvalue weighted by atomic mass is 10.3. The number of ether oxygens (including phenoxy) is 1. The van der Waals surface area contributed by atoms with E-state index in [2.05, 4.69) is 14.7 Å². The van der Waals surface area contributed by atoms with Crippen molar-refractivity contribution in [1.29, 1.82) is 0 Å². The van der Waals surface area contributed by atoms with Crippen LogP contribution in [0.5, 0.6) is 0 Å². The van der Waals surface area contributed by atoms with Crippen LogP contribution in [0.15, 0.2) is 4.52 Å². The first-order valence-electron chi connectivity index (χ1n) is 3.51. The van der Waals surface area contributed by atoms with Gasteiger partial charge in [0.25, 0.3) is 5.89 Å². The molecule has 1 aromatic heterocycles. The molecule has 0 saturated carbocycles. The minimum Gasteiger partial charge on any atom is -0.383 e. The van der Waals surface area contributed by atoms with Crippen molar-refractivity contribution in [1.82, 2.24) is 10.1 Å². The maximum Gasteiger partial charge on any atom is 0.315 e. The Kier molecular flexibility index (Phi) is 3.26. The zero-order chi connectivity index (χ0) is 9.84. The molecule has 1 heterocycles. The van der Waals surface area contributed by atoms with E-state index in [1.165, 1.54) is 7.11 Å². The predicted octanol–water partition coefficient (Wildman–Crippen LogP) is 0.653. The Bertz CT molecular complexity index is 266. The third-order valence-corrected chi connectivity index (χ3v) is 1.32. The number of hydrogen-bond donors (Lipinski definition) is 1. The summed E-state index contributed by atoms with van der Waals surface area (Å²) in [5.41, 5.74) is 5.46. The number of aromatic nitrogens is 2. The molecule has 1 aromatic rings. The van der Waals surface area contributed by atoms with Crippen LogP contribution in [0.25, 0.3) is 0 Å². The third-order valence-electron chi connectivity index (χ3n) is 1.32. The van der Waals surface area contributed by atoms with Gasteiger partial charge in [-0.3, -0.25) is 0 Å². The van der Waals surface area contributed by atoms with E-state index in [-0.39, 0.29) is 12.4 Å². The van der Waals surface area contributed by atoms with E-state index in [9.17, 15) is 8.78 Å². The van der Waals surface area contributed by atoms with Crippen molar-refractivity contribution < 1.29 is 18.0 Å². The summed E-state index contributed by atoms with van der Waals surface area (Å²) in [6.07, 6.45) is -2.77. The highest BCUT2D eigenvalue weighted by Gasteiger charge is 2.19. The maximum absolute atomic E-state index is 12.0. The van der Waals surface area contributed by atoms with E-state index in [1.807, 2.05) is 0 Å². The molecule has 5 nitrogen and oxygen atoms in total. The summed E-state index contributed by atoms with van der Waals surface area (Å²) < 4.78 is 32.9. The van der Waals surface area contributed by atoms with E-state index >= 15 is 0 Å². The highest BCUT2D eigenvalue weighted by Crippen LogP contribution is 2.17. The molecular formula is C6H9F2N3O2. The highest BCUT2D eigenvalue weighted by atomic mass is 19.3. The lowest BCUT2D eigenvalue weighted by Gasteiger charge is -2.02. The average molecular weight is 193 g/mol. The second-order valence-corrected chi connectivity index (χ2v) is 2.35. The lowest BCUT2D eigenvalue weighted by Crippen LogP contribution is -2.17. The van der Waals surface area contributed by atoms with E-state index < -0.39 is 18.4 Å². The van der Waals surface area contributed by atoms with Crippen LogP contribution >= 0.6 is 0 Å². The molecule has 7 heteroatoms. The summed E-state index contributed by atoms with van der Waals surface area (Å²) in [4.78, 5) is 3.40. The van der Waals surface area contributed by atoms with Crippen molar-refractivity contribution >= 4 is 0 Å². The molecule has 74 valence electrons. The first-order chi connectivity index (χ1) is 6.15. The Hall–Kier alpha value is -1.08. The van der Waals surface area contributed by atoms with Crippen molar-refractivity contribution in [2.75, 3.05) is 13.7 Å². The SMILES string of the molecule is COCC(N)c1noc(C(F)F)n1. The van der Waals surface area contributed by atoms with E-state index in [0.717, 1.165) is 0 Å². The van der Waals surface area contributed by atoms with Crippen molar-refractivity contribution in [2.24, 2.45) is 5.73 Å². The summed E-state index contributed by atoms with van der Waals surface area (Å²) in [6, 6.07) is -0.638. The van der Waals surface area contributed by atoms with Gasteiger partial charge in [0.1, 0.15) is 0 Å². The molecule has 0 saturated heterocycles. The quantitative estimate of drug-likeness (QED) is 0.759. The van der Waals surface area contributed by atoms with Gasteiger partial charge in [0.2, 0.25) is 0 Å². The normalized spacial score (nSPS) is 13.6. The zero-order valence-corrected chi connectivity index (χ0v) is 6.91. The van der Waals surface area contributed by atoms with Gasteiger partial charge in [0.15, 0.2) is 5.82 Å². The molecule has 0 radical (unpaired) electrons. The van der Waals surface area contributed by atoms with Crippen LogP contribution in [-0.2, 0) is 4.74 Å². The molecule has 0 aliphatic heterocycles. The van der Waals surface area contributed by atoms with Crippen molar-refractivity contribution in [2.45, 2.75) is 12.5 Å². The number of rotatable bonds is 4. The fourth-order valence-corrected chi connectivity index (χ4v) is 0.741. The summed E-state index contributed by atoms with van der Waals surface area (Å²) in [5, 5.41) is 3.28. The fraction of sp³-hybridized carbons (Fsp3) is 0.667. The van der Waals surface area contributed by atoms with E-state index in [1.54, 1.807) is 0 Å². The summed E-state index contributed by atoms with van der Waals surface area (Å²) in [6.45, 7) is 0.155. The van der Waals surface area contributed by atoms with Gasteiger partial charge < -0.3 is 15.0 Å². The highest BCUT2D eigenvalue weighted by molar-refractivity contribution is 4.93. The lowest BCUT2D eigenvalue weighted by molar-refractivity contribution is 0.106. The minimum absolute atomic E-state index is 0.0251. The number of nitrogens with two attached hydrogens (primary N) is 1. The molecule has 0 spiro atoms. The molecule has 0 fully saturated rings. The maximum atomic E-state index is 12.0. The van der Waals surface area contributed by atoms with Gasteiger partial charge in [-0.25, -0.2) is 0 Å². The number of nitrogens with zero attached hydrogens (tertiary/aromatic N) is 2. The molecule has 0 aliphatic rings. The van der Waals surface area contributed by atoms with Crippen LogP contribution in [0.2, 0.25) is 0 Å². The molecule has 13 heavy (non-hydrogen) atoms. The van der Waals surface area contributed by atoms with E-state index in [0.29, 0.717) is 0 Å². The second-order valence-electron chi connectivity index (χ2n) is 2.35. The van der Waals surface area contributed by atoms with Gasteiger partial charge in [0, 0.05) is 7.11 Å². The summed E-state index contributed by atoms with van der Waals surface area (Å²) in [7, 11) is 1.44. The standard InChI is InChI=1S/C6H9F2N3O2/c1-12-2-3(9)5-10-6(4(7)8)13-11-5/h3-4H,2,9H2,1H3. The largest absolute Gasteiger partial charge is 0.383 e. The van der Waals surface area contributed by atoms with Gasteiger partial charge in [-0.1, -0.05) is 5.16 Å². The molecule has 1 atom stereocenters. The molecule has 0 amide bonds. The predicted molar refractivity (Wildman–Crippen MR) is 38.1 cm³/mol. The van der Waals surface area contributed by atoms with Crippen LogP contribution in [0.1, 0.15) is 24.2 Å². The van der Waals surface area contributed by atoms with Crippen LogP contribution < -0.4 is 5.73 Å². The van der Waals surface area contributed by atoms with Gasteiger partial charge in [0.05, 0.1) is 12.6 Å². The van der Waals surface area contributed by atoms with Crippen molar-refractivity contribution in [3.63, 3.8) is 0 Å². The van der Waals surface area contributed by atoms with Gasteiger partial charge in [-0.2, -0.15) is 13.8 Å². The Morgan fingerprint density at radius 1 is 1.62 bits per heavy atom. The number of halogens is 2. The van der Waals surface area contributed by atoms with Crippen molar-refractivity contribution in [3.8, 4) is 0 Å². The molecule has 1 unspecified atom stereocenters. The first kappa shape index (κ1) is 10.0. The molecular weight excluding hydrogens is 184 g/mol. The molecule has 1 rings (SSSR count). The van der Waals surface area contributed by atoms with Crippen LogP contribution in [0.3, 0.4) is 0 Å². The molecule has 0 aliphatic carbocycles. The second kappa shape index (κ2) is 4.24. The molecule has 2 N–H and O–H groups in total. The zero-order valence-electron chi connectivity index (χ0n) is 6.91. The number of alkyl halides is 2. The van der Waals surface area contributed by atoms with Crippen LogP contribution in [-0.4, -0.2) is 23.9 Å². The third kappa shape index (κ3) is 2.43. The van der Waals surface area contributed by atoms with Crippen LogP contribution in [0, 0.1) is 0 Å². The average Bonchev–Trinajstić information content (AvgIpc) is 2.52. The Balaban J connectivity index is 2.67. The van der Waals surface area contributed by atoms with Gasteiger partial charge in [-0.05, 0) is 0 Å². The van der Waals surface area contributed by atoms with Gasteiger partial charge in [-0.15, -0.1) is 0 Å². The molecule has 0 aromatic carbocycles. The number of hydrogen-bond acceptors (Lipinski definition) is 5. The van der Waals surface area contributed by atoms with Crippen LogP contribution in [0.4, 0.5) is 8.78 Å².